The molecule has 0 aromatic heterocycles. The van der Waals surface area contributed by atoms with Crippen molar-refractivity contribution in [2.45, 2.75) is 25.1 Å². The molecule has 1 aromatic rings. The number of nitrogens with one attached hydrogen (secondary N) is 2. The van der Waals surface area contributed by atoms with Crippen LogP contribution in [0.1, 0.15) is 24.0 Å². The van der Waals surface area contributed by atoms with Gasteiger partial charge in [0.15, 0.2) is 0 Å². The minimum absolute atomic E-state index is 0.0282. The molecule has 0 amide bonds. The maximum Gasteiger partial charge on any atom is 0.215 e. The van der Waals surface area contributed by atoms with E-state index in [1.807, 2.05) is 31.3 Å². The number of sulfonamides is 1. The molecule has 118 valence electrons. The minimum atomic E-state index is -3.28. The van der Waals surface area contributed by atoms with Crippen LogP contribution in [0.5, 0.6) is 0 Å². The molecule has 2 rings (SSSR count). The van der Waals surface area contributed by atoms with E-state index >= 15 is 0 Å². The third-order valence-electron chi connectivity index (χ3n) is 3.61. The fraction of sp³-hybridized carbons (Fsp3) is 0.600. The number of rotatable bonds is 7. The van der Waals surface area contributed by atoms with E-state index in [0.717, 1.165) is 37.1 Å². The third-order valence-corrected chi connectivity index (χ3v) is 4.93. The van der Waals surface area contributed by atoms with Crippen LogP contribution in [0.25, 0.3) is 0 Å². The fourth-order valence-electron chi connectivity index (χ4n) is 2.44. The molecule has 0 saturated carbocycles. The fourth-order valence-corrected chi connectivity index (χ4v) is 3.66. The van der Waals surface area contributed by atoms with E-state index in [-0.39, 0.29) is 5.75 Å². The second-order valence-corrected chi connectivity index (χ2v) is 7.34. The van der Waals surface area contributed by atoms with Crippen LogP contribution in [-0.2, 0) is 27.1 Å². The summed E-state index contributed by atoms with van der Waals surface area (Å²) in [6.07, 6.45) is 2.04. The number of ether oxygens (including phenoxy) is 1. The van der Waals surface area contributed by atoms with Crippen molar-refractivity contribution in [3.05, 3.63) is 35.4 Å². The van der Waals surface area contributed by atoms with Gasteiger partial charge < -0.3 is 10.1 Å². The molecule has 2 N–H and O–H groups in total. The topological polar surface area (TPSA) is 67.4 Å². The lowest BCUT2D eigenvalue weighted by Gasteiger charge is -2.22. The molecule has 21 heavy (non-hydrogen) atoms. The highest BCUT2D eigenvalue weighted by Crippen LogP contribution is 2.13. The summed E-state index contributed by atoms with van der Waals surface area (Å²) >= 11 is 0. The zero-order valence-electron chi connectivity index (χ0n) is 12.5. The summed E-state index contributed by atoms with van der Waals surface area (Å²) in [7, 11) is -1.39. The molecule has 1 aromatic carbocycles. The maximum atomic E-state index is 12.1. The van der Waals surface area contributed by atoms with Gasteiger partial charge in [-0.1, -0.05) is 24.3 Å². The molecule has 1 unspecified atom stereocenters. The SMILES string of the molecule is CNCc1ccc(CS(=O)(=O)NCC2CCCOC2)cc1. The van der Waals surface area contributed by atoms with E-state index in [1.54, 1.807) is 0 Å². The third kappa shape index (κ3) is 5.74. The smallest absolute Gasteiger partial charge is 0.215 e. The van der Waals surface area contributed by atoms with Crippen LogP contribution < -0.4 is 10.0 Å². The first kappa shape index (κ1) is 16.4. The predicted octanol–water partition coefficient (Wildman–Crippen LogP) is 1.25. The molecule has 1 aliphatic heterocycles. The van der Waals surface area contributed by atoms with Crippen LogP contribution in [0.4, 0.5) is 0 Å². The van der Waals surface area contributed by atoms with Gasteiger partial charge in [-0.15, -0.1) is 0 Å². The Labute approximate surface area is 127 Å². The summed E-state index contributed by atoms with van der Waals surface area (Å²) in [4.78, 5) is 0. The van der Waals surface area contributed by atoms with Gasteiger partial charge in [-0.25, -0.2) is 13.1 Å². The average molecular weight is 312 g/mol. The summed E-state index contributed by atoms with van der Waals surface area (Å²) in [6, 6.07) is 7.65. The lowest BCUT2D eigenvalue weighted by Crippen LogP contribution is -2.33. The Morgan fingerprint density at radius 2 is 1.95 bits per heavy atom. The maximum absolute atomic E-state index is 12.1. The van der Waals surface area contributed by atoms with Crippen LogP contribution in [0.2, 0.25) is 0 Å². The molecular weight excluding hydrogens is 288 g/mol. The monoisotopic (exact) mass is 312 g/mol. The van der Waals surface area contributed by atoms with Crippen molar-refractivity contribution in [1.82, 2.24) is 10.0 Å². The largest absolute Gasteiger partial charge is 0.381 e. The minimum Gasteiger partial charge on any atom is -0.381 e. The van der Waals surface area contributed by atoms with Gasteiger partial charge in [0.2, 0.25) is 10.0 Å². The second-order valence-electron chi connectivity index (χ2n) is 5.54. The van der Waals surface area contributed by atoms with Gasteiger partial charge in [-0.3, -0.25) is 0 Å². The van der Waals surface area contributed by atoms with Gasteiger partial charge in [-0.05, 0) is 36.9 Å². The van der Waals surface area contributed by atoms with E-state index in [9.17, 15) is 8.42 Å². The Morgan fingerprint density at radius 3 is 2.57 bits per heavy atom. The predicted molar refractivity (Wildman–Crippen MR) is 83.4 cm³/mol. The Balaban J connectivity index is 1.84. The number of benzene rings is 1. The molecule has 0 bridgehead atoms. The number of hydrogen-bond donors (Lipinski definition) is 2. The van der Waals surface area contributed by atoms with Crippen LogP contribution >= 0.6 is 0 Å². The molecule has 1 atom stereocenters. The van der Waals surface area contributed by atoms with Crippen molar-refractivity contribution in [3.8, 4) is 0 Å². The van der Waals surface area contributed by atoms with Crippen molar-refractivity contribution in [1.29, 1.82) is 0 Å². The molecule has 5 nitrogen and oxygen atoms in total. The van der Waals surface area contributed by atoms with Gasteiger partial charge in [0.25, 0.3) is 0 Å². The standard InChI is InChI=1S/C15H24N2O3S/c1-16-9-13-4-6-14(7-5-13)12-21(18,19)17-10-15-3-2-8-20-11-15/h4-7,15-17H,2-3,8-12H2,1H3. The van der Waals surface area contributed by atoms with Crippen molar-refractivity contribution >= 4 is 10.0 Å². The van der Waals surface area contributed by atoms with Gasteiger partial charge >= 0.3 is 0 Å². The molecule has 0 spiro atoms. The molecule has 1 aliphatic rings. The van der Waals surface area contributed by atoms with Crippen LogP contribution in [0.15, 0.2) is 24.3 Å². The van der Waals surface area contributed by atoms with E-state index < -0.39 is 10.0 Å². The van der Waals surface area contributed by atoms with Crippen molar-refractivity contribution in [2.75, 3.05) is 26.8 Å². The highest BCUT2D eigenvalue weighted by Gasteiger charge is 2.18. The molecule has 0 radical (unpaired) electrons. The normalized spacial score (nSPS) is 19.6. The molecular formula is C15H24N2O3S. The molecule has 6 heteroatoms. The Bertz CT molecular complexity index is 522. The van der Waals surface area contributed by atoms with Gasteiger partial charge in [0.05, 0.1) is 12.4 Å². The molecule has 1 heterocycles. The quantitative estimate of drug-likeness (QED) is 0.795. The van der Waals surface area contributed by atoms with Crippen molar-refractivity contribution in [3.63, 3.8) is 0 Å². The van der Waals surface area contributed by atoms with Gasteiger partial charge in [0, 0.05) is 19.7 Å². The Hall–Kier alpha value is -0.950. The van der Waals surface area contributed by atoms with E-state index in [1.165, 1.54) is 0 Å². The highest BCUT2D eigenvalue weighted by molar-refractivity contribution is 7.88. The Morgan fingerprint density at radius 1 is 1.24 bits per heavy atom. The van der Waals surface area contributed by atoms with E-state index in [2.05, 4.69) is 10.0 Å². The Kier molecular flexibility index (Phi) is 6.17. The highest BCUT2D eigenvalue weighted by atomic mass is 32.2. The first-order valence-corrected chi connectivity index (χ1v) is 9.02. The van der Waals surface area contributed by atoms with E-state index in [0.29, 0.717) is 19.1 Å². The summed E-state index contributed by atoms with van der Waals surface area (Å²) in [5.41, 5.74) is 1.95. The van der Waals surface area contributed by atoms with Gasteiger partial charge in [-0.2, -0.15) is 0 Å². The summed E-state index contributed by atoms with van der Waals surface area (Å²) in [6.45, 7) is 2.70. The van der Waals surface area contributed by atoms with Crippen molar-refractivity contribution < 1.29 is 13.2 Å². The summed E-state index contributed by atoms with van der Waals surface area (Å²) < 4.78 is 32.2. The van der Waals surface area contributed by atoms with Crippen molar-refractivity contribution in [2.24, 2.45) is 5.92 Å². The van der Waals surface area contributed by atoms with Gasteiger partial charge in [0.1, 0.15) is 0 Å². The summed E-state index contributed by atoms with van der Waals surface area (Å²) in [5.74, 6) is 0.326. The number of hydrogen-bond acceptors (Lipinski definition) is 4. The summed E-state index contributed by atoms with van der Waals surface area (Å²) in [5, 5.41) is 3.07. The molecule has 0 aliphatic carbocycles. The molecule has 1 fully saturated rings. The zero-order valence-corrected chi connectivity index (χ0v) is 13.3. The average Bonchev–Trinajstić information content (AvgIpc) is 2.48. The van der Waals surface area contributed by atoms with Crippen LogP contribution in [0.3, 0.4) is 0 Å². The zero-order chi connectivity index (χ0) is 15.1. The van der Waals surface area contributed by atoms with Crippen LogP contribution in [0, 0.1) is 5.92 Å². The molecule has 1 saturated heterocycles. The first-order valence-electron chi connectivity index (χ1n) is 7.36. The second kappa shape index (κ2) is 7.89. The first-order chi connectivity index (χ1) is 10.1. The van der Waals surface area contributed by atoms with E-state index in [4.69, 9.17) is 4.74 Å². The lowest BCUT2D eigenvalue weighted by atomic mass is 10.0. The lowest BCUT2D eigenvalue weighted by molar-refractivity contribution is 0.0568. The van der Waals surface area contributed by atoms with Crippen LogP contribution in [-0.4, -0.2) is 35.2 Å².